The first kappa shape index (κ1) is 20.1. The Kier molecular flexibility index (Phi) is 7.65. The number of carbonyl (C=O) groups excluding carboxylic acids is 2. The van der Waals surface area contributed by atoms with Gasteiger partial charge in [-0.1, -0.05) is 33.1 Å². The molecular formula is C18H31NO6. The van der Waals surface area contributed by atoms with Crippen molar-refractivity contribution in [1.82, 2.24) is 0 Å². The molecule has 144 valence electrons. The Balaban J connectivity index is 1.79. The highest BCUT2D eigenvalue weighted by Crippen LogP contribution is 2.27. The molecular weight excluding hydrogens is 326 g/mol. The summed E-state index contributed by atoms with van der Waals surface area (Å²) >= 11 is 0. The number of rotatable bonds is 7. The van der Waals surface area contributed by atoms with Crippen molar-refractivity contribution in [2.24, 2.45) is 17.6 Å². The van der Waals surface area contributed by atoms with Crippen LogP contribution in [0.25, 0.3) is 0 Å². The smallest absolute Gasteiger partial charge is 0.323 e. The molecule has 0 radical (unpaired) electrons. The highest BCUT2D eigenvalue weighted by molar-refractivity contribution is 5.76. The van der Waals surface area contributed by atoms with E-state index in [2.05, 4.69) is 0 Å². The van der Waals surface area contributed by atoms with Crippen molar-refractivity contribution in [3.8, 4) is 0 Å². The third kappa shape index (κ3) is 5.94. The van der Waals surface area contributed by atoms with E-state index in [4.69, 9.17) is 19.9 Å². The van der Waals surface area contributed by atoms with Gasteiger partial charge in [-0.05, 0) is 24.7 Å². The van der Waals surface area contributed by atoms with E-state index in [0.717, 1.165) is 12.8 Å². The molecule has 2 fully saturated rings. The molecule has 3 N–H and O–H groups in total. The van der Waals surface area contributed by atoms with Gasteiger partial charge in [0.05, 0.1) is 6.61 Å². The van der Waals surface area contributed by atoms with Crippen LogP contribution in [-0.4, -0.2) is 54.6 Å². The summed E-state index contributed by atoms with van der Waals surface area (Å²) < 4.78 is 16.0. The summed E-state index contributed by atoms with van der Waals surface area (Å²) in [7, 11) is 0. The first-order chi connectivity index (χ1) is 11.9. The lowest BCUT2D eigenvalue weighted by Gasteiger charge is -2.24. The molecule has 7 heteroatoms. The number of ether oxygens (including phenoxy) is 3. The zero-order valence-corrected chi connectivity index (χ0v) is 15.2. The van der Waals surface area contributed by atoms with Gasteiger partial charge >= 0.3 is 11.9 Å². The molecule has 0 aromatic carbocycles. The van der Waals surface area contributed by atoms with Crippen LogP contribution in [0.3, 0.4) is 0 Å². The number of hydrogen-bond donors (Lipinski definition) is 2. The Morgan fingerprint density at radius 2 is 1.92 bits per heavy atom. The Morgan fingerprint density at radius 3 is 2.56 bits per heavy atom. The van der Waals surface area contributed by atoms with Crippen LogP contribution in [0.5, 0.6) is 0 Å². The minimum Gasteiger partial charge on any atom is -0.463 e. The number of carbonyl (C=O) groups is 2. The van der Waals surface area contributed by atoms with Gasteiger partial charge in [0.15, 0.2) is 6.10 Å². The first-order valence-electron chi connectivity index (χ1n) is 9.29. The number of hydrogen-bond acceptors (Lipinski definition) is 7. The number of aliphatic hydroxyl groups excluding tert-OH is 1. The lowest BCUT2D eigenvalue weighted by Crippen LogP contribution is -2.44. The van der Waals surface area contributed by atoms with E-state index >= 15 is 0 Å². The largest absolute Gasteiger partial charge is 0.463 e. The summed E-state index contributed by atoms with van der Waals surface area (Å²) in [5, 5.41) is 9.97. The average Bonchev–Trinajstić information content (AvgIpc) is 2.93. The first-order valence-corrected chi connectivity index (χ1v) is 9.29. The second-order valence-electron chi connectivity index (χ2n) is 7.50. The highest BCUT2D eigenvalue weighted by atomic mass is 16.6. The topological polar surface area (TPSA) is 108 Å². The Bertz CT molecular complexity index is 449. The van der Waals surface area contributed by atoms with Crippen molar-refractivity contribution in [3.05, 3.63) is 0 Å². The third-order valence-electron chi connectivity index (χ3n) is 5.06. The van der Waals surface area contributed by atoms with Crippen LogP contribution in [-0.2, 0) is 23.8 Å². The van der Waals surface area contributed by atoms with Gasteiger partial charge in [-0.3, -0.25) is 9.59 Å². The average molecular weight is 357 g/mol. The lowest BCUT2D eigenvalue weighted by molar-refractivity contribution is -0.162. The maximum Gasteiger partial charge on any atom is 0.323 e. The van der Waals surface area contributed by atoms with Crippen molar-refractivity contribution in [3.63, 3.8) is 0 Å². The molecule has 1 aliphatic carbocycles. The Labute approximate surface area is 149 Å². The van der Waals surface area contributed by atoms with Gasteiger partial charge in [-0.25, -0.2) is 0 Å². The number of esters is 2. The van der Waals surface area contributed by atoms with Gasteiger partial charge in [0.25, 0.3) is 0 Å². The molecule has 1 saturated carbocycles. The SMILES string of the molecule is CC(C)[C@H](N)C(=O)OC1C(O)COC1COC(=O)CC1CCCCC1. The normalized spacial score (nSPS) is 28.8. The second kappa shape index (κ2) is 9.50. The predicted molar refractivity (Wildman–Crippen MR) is 90.6 cm³/mol. The van der Waals surface area contributed by atoms with Crippen molar-refractivity contribution in [1.29, 1.82) is 0 Å². The summed E-state index contributed by atoms with van der Waals surface area (Å²) in [6, 6.07) is -0.762. The van der Waals surface area contributed by atoms with Crippen LogP contribution in [0.1, 0.15) is 52.4 Å². The van der Waals surface area contributed by atoms with Crippen LogP contribution in [0.2, 0.25) is 0 Å². The quantitative estimate of drug-likeness (QED) is 0.658. The summed E-state index contributed by atoms with van der Waals surface area (Å²) in [6.45, 7) is 3.65. The predicted octanol–water partition coefficient (Wildman–Crippen LogP) is 1.15. The van der Waals surface area contributed by atoms with Gasteiger partial charge in [-0.2, -0.15) is 0 Å². The van der Waals surface area contributed by atoms with Gasteiger partial charge in [0.1, 0.15) is 24.9 Å². The Morgan fingerprint density at radius 1 is 1.24 bits per heavy atom. The fourth-order valence-corrected chi connectivity index (χ4v) is 3.30. The molecule has 2 rings (SSSR count). The second-order valence-corrected chi connectivity index (χ2v) is 7.50. The summed E-state index contributed by atoms with van der Waals surface area (Å²) in [5.41, 5.74) is 5.77. The standard InChI is InChI=1S/C18H31NO6/c1-11(2)16(19)18(22)25-17-13(20)9-23-14(17)10-24-15(21)8-12-6-4-3-5-7-12/h11-14,16-17,20H,3-10,19H2,1-2H3/t13?,14?,16-,17?/m0/s1. The molecule has 25 heavy (non-hydrogen) atoms. The van der Waals surface area contributed by atoms with Gasteiger partial charge in [-0.15, -0.1) is 0 Å². The van der Waals surface area contributed by atoms with Crippen LogP contribution in [0.4, 0.5) is 0 Å². The Hall–Kier alpha value is -1.18. The van der Waals surface area contributed by atoms with Gasteiger partial charge in [0, 0.05) is 6.42 Å². The van der Waals surface area contributed by atoms with Crippen LogP contribution in [0, 0.1) is 11.8 Å². The third-order valence-corrected chi connectivity index (χ3v) is 5.06. The molecule has 0 aromatic heterocycles. The molecule has 1 saturated heterocycles. The zero-order valence-electron chi connectivity index (χ0n) is 15.2. The molecule has 7 nitrogen and oxygen atoms in total. The maximum absolute atomic E-state index is 12.0. The molecule has 0 amide bonds. The number of aliphatic hydroxyl groups is 1. The van der Waals surface area contributed by atoms with Crippen LogP contribution >= 0.6 is 0 Å². The maximum atomic E-state index is 12.0. The fraction of sp³-hybridized carbons (Fsp3) is 0.889. The minimum absolute atomic E-state index is 0.0303. The van der Waals surface area contributed by atoms with Gasteiger partial charge < -0.3 is 25.1 Å². The zero-order chi connectivity index (χ0) is 18.4. The van der Waals surface area contributed by atoms with E-state index in [9.17, 15) is 14.7 Å². The monoisotopic (exact) mass is 357 g/mol. The highest BCUT2D eigenvalue weighted by Gasteiger charge is 2.41. The van der Waals surface area contributed by atoms with Crippen LogP contribution in [0.15, 0.2) is 0 Å². The van der Waals surface area contributed by atoms with Crippen molar-refractivity contribution in [2.75, 3.05) is 13.2 Å². The van der Waals surface area contributed by atoms with Crippen molar-refractivity contribution in [2.45, 2.75) is 76.7 Å². The summed E-state index contributed by atoms with van der Waals surface area (Å²) in [6.07, 6.45) is 3.68. The van der Waals surface area contributed by atoms with Crippen LogP contribution < -0.4 is 5.73 Å². The summed E-state index contributed by atoms with van der Waals surface area (Å²) in [4.78, 5) is 24.0. The molecule has 1 heterocycles. The molecule has 3 unspecified atom stereocenters. The molecule has 0 bridgehead atoms. The van der Waals surface area contributed by atoms with E-state index < -0.39 is 30.3 Å². The molecule has 1 aliphatic heterocycles. The van der Waals surface area contributed by atoms with E-state index in [1.807, 2.05) is 13.8 Å². The number of nitrogens with two attached hydrogens (primary N) is 1. The van der Waals surface area contributed by atoms with E-state index in [1.54, 1.807) is 0 Å². The van der Waals surface area contributed by atoms with E-state index in [1.165, 1.54) is 19.3 Å². The molecule has 0 aromatic rings. The van der Waals surface area contributed by atoms with E-state index in [0.29, 0.717) is 12.3 Å². The molecule has 2 aliphatic rings. The lowest BCUT2D eigenvalue weighted by atomic mass is 9.87. The van der Waals surface area contributed by atoms with Crippen molar-refractivity contribution >= 4 is 11.9 Å². The summed E-state index contributed by atoms with van der Waals surface area (Å²) in [5.74, 6) is -0.517. The molecule has 0 spiro atoms. The molecule has 4 atom stereocenters. The fourth-order valence-electron chi connectivity index (χ4n) is 3.30. The van der Waals surface area contributed by atoms with Gasteiger partial charge in [0.2, 0.25) is 0 Å². The minimum atomic E-state index is -0.939. The van der Waals surface area contributed by atoms with E-state index in [-0.39, 0.29) is 25.1 Å². The van der Waals surface area contributed by atoms with Crippen molar-refractivity contribution < 1.29 is 28.9 Å².